The van der Waals surface area contributed by atoms with Crippen molar-refractivity contribution >= 4 is 0 Å². The van der Waals surface area contributed by atoms with E-state index in [2.05, 4.69) is 0 Å². The lowest BCUT2D eigenvalue weighted by Crippen LogP contribution is -2.36. The van der Waals surface area contributed by atoms with Crippen LogP contribution in [0.15, 0.2) is 11.8 Å². The number of rotatable bonds is 2. The van der Waals surface area contributed by atoms with E-state index in [4.69, 9.17) is 14.2 Å². The van der Waals surface area contributed by atoms with Gasteiger partial charge in [0.15, 0.2) is 6.29 Å². The molecule has 14 heavy (non-hydrogen) atoms. The van der Waals surface area contributed by atoms with Crippen LogP contribution in [0.2, 0.25) is 0 Å². The number of hydrogen-bond donors (Lipinski definition) is 0. The van der Waals surface area contributed by atoms with E-state index in [-0.39, 0.29) is 12.2 Å². The zero-order valence-corrected chi connectivity index (χ0v) is 7.71. The third-order valence-corrected chi connectivity index (χ3v) is 2.44. The molecule has 6 nitrogen and oxygen atoms in total. The van der Waals surface area contributed by atoms with E-state index in [0.29, 0.717) is 18.6 Å². The van der Waals surface area contributed by atoms with Gasteiger partial charge in [0.25, 0.3) is 0 Å². The van der Waals surface area contributed by atoms with E-state index < -0.39 is 11.2 Å². The molecule has 0 aromatic heterocycles. The molecule has 78 valence electrons. The van der Waals surface area contributed by atoms with Crippen molar-refractivity contribution in [2.24, 2.45) is 0 Å². The first-order chi connectivity index (χ1) is 6.70. The molecule has 2 bridgehead atoms. The van der Waals surface area contributed by atoms with Crippen LogP contribution in [0.4, 0.5) is 0 Å². The second-order valence-electron chi connectivity index (χ2n) is 3.31. The molecule has 1 unspecified atom stereocenters. The van der Waals surface area contributed by atoms with Gasteiger partial charge in [-0.2, -0.15) is 0 Å². The Hall–Kier alpha value is -0.980. The van der Waals surface area contributed by atoms with Gasteiger partial charge in [-0.25, -0.2) is 0 Å². The summed E-state index contributed by atoms with van der Waals surface area (Å²) in [6, 6.07) is 0. The van der Waals surface area contributed by atoms with Gasteiger partial charge >= 0.3 is 0 Å². The van der Waals surface area contributed by atoms with Gasteiger partial charge in [0.2, 0.25) is 6.20 Å². The summed E-state index contributed by atoms with van der Waals surface area (Å²) in [5.74, 6) is 0. The highest BCUT2D eigenvalue weighted by molar-refractivity contribution is 5.10. The first kappa shape index (κ1) is 9.57. The number of methoxy groups -OCH3 is 1. The summed E-state index contributed by atoms with van der Waals surface area (Å²) in [7, 11) is 1.57. The average Bonchev–Trinajstić information content (AvgIpc) is 2.55. The summed E-state index contributed by atoms with van der Waals surface area (Å²) in [6.45, 7) is 0.443. The number of ether oxygens (including phenoxy) is 3. The third kappa shape index (κ3) is 1.63. The van der Waals surface area contributed by atoms with Crippen molar-refractivity contribution in [2.75, 3.05) is 13.7 Å². The molecule has 2 rings (SSSR count). The lowest BCUT2D eigenvalue weighted by molar-refractivity contribution is -0.405. The first-order valence-corrected chi connectivity index (χ1v) is 4.34. The van der Waals surface area contributed by atoms with E-state index in [1.54, 1.807) is 7.11 Å². The lowest BCUT2D eigenvalue weighted by atomic mass is 10.0. The molecular formula is C8H11NO5. The van der Waals surface area contributed by atoms with Gasteiger partial charge < -0.3 is 14.2 Å². The maximum atomic E-state index is 10.3. The molecule has 0 aliphatic carbocycles. The smallest absolute Gasteiger partial charge is 0.238 e. The molecule has 2 aliphatic rings. The van der Waals surface area contributed by atoms with Gasteiger partial charge in [-0.05, 0) is 0 Å². The van der Waals surface area contributed by atoms with Crippen molar-refractivity contribution in [2.45, 2.75) is 24.9 Å². The molecule has 0 radical (unpaired) electrons. The van der Waals surface area contributed by atoms with Crippen molar-refractivity contribution in [3.8, 4) is 0 Å². The minimum atomic E-state index is -0.545. The Bertz CT molecular complexity index is 277. The van der Waals surface area contributed by atoms with Crippen molar-refractivity contribution in [3.63, 3.8) is 0 Å². The highest BCUT2D eigenvalue weighted by Crippen LogP contribution is 2.32. The van der Waals surface area contributed by atoms with Crippen LogP contribution in [-0.2, 0) is 14.2 Å². The molecule has 0 saturated carbocycles. The van der Waals surface area contributed by atoms with Gasteiger partial charge in [0.1, 0.15) is 6.10 Å². The van der Waals surface area contributed by atoms with Crippen LogP contribution in [0.1, 0.15) is 6.42 Å². The van der Waals surface area contributed by atoms with E-state index in [1.807, 2.05) is 0 Å². The van der Waals surface area contributed by atoms with E-state index >= 15 is 0 Å². The largest absolute Gasteiger partial charge is 0.378 e. The fourth-order valence-electron chi connectivity index (χ4n) is 1.75. The van der Waals surface area contributed by atoms with Crippen LogP contribution < -0.4 is 0 Å². The molecule has 0 amide bonds. The van der Waals surface area contributed by atoms with Crippen molar-refractivity contribution in [1.29, 1.82) is 0 Å². The predicted molar refractivity (Wildman–Crippen MR) is 45.1 cm³/mol. The lowest BCUT2D eigenvalue weighted by Gasteiger charge is -2.26. The van der Waals surface area contributed by atoms with E-state index in [1.165, 1.54) is 0 Å². The van der Waals surface area contributed by atoms with Crippen molar-refractivity contribution in [3.05, 3.63) is 21.9 Å². The number of nitro groups is 1. The van der Waals surface area contributed by atoms with Crippen LogP contribution in [0.5, 0.6) is 0 Å². The second kappa shape index (κ2) is 3.64. The minimum Gasteiger partial charge on any atom is -0.378 e. The van der Waals surface area contributed by atoms with Crippen LogP contribution in [0, 0.1) is 10.1 Å². The molecule has 0 aromatic carbocycles. The molecule has 2 saturated heterocycles. The van der Waals surface area contributed by atoms with E-state index in [0.717, 1.165) is 6.20 Å². The Morgan fingerprint density at radius 1 is 1.71 bits per heavy atom. The molecule has 3 atom stereocenters. The Kier molecular flexibility index (Phi) is 2.49. The third-order valence-electron chi connectivity index (χ3n) is 2.44. The standard InChI is InChI=1S/C8H11NO5/c1-12-6-2-5(3-9(10)11)8-13-4-7(6)14-8/h3,6-8H,2,4H2,1H3/b5-3-/t6-,7?,8+/m0/s1. The van der Waals surface area contributed by atoms with Crippen LogP contribution in [0.3, 0.4) is 0 Å². The van der Waals surface area contributed by atoms with Gasteiger partial charge in [0, 0.05) is 13.5 Å². The molecule has 2 aliphatic heterocycles. The fourth-order valence-corrected chi connectivity index (χ4v) is 1.75. The fraction of sp³-hybridized carbons (Fsp3) is 0.750. The Balaban J connectivity index is 2.15. The molecular weight excluding hydrogens is 190 g/mol. The summed E-state index contributed by atoms with van der Waals surface area (Å²) < 4.78 is 15.8. The zero-order chi connectivity index (χ0) is 10.1. The molecule has 2 fully saturated rings. The highest BCUT2D eigenvalue weighted by atomic mass is 16.7. The number of hydrogen-bond acceptors (Lipinski definition) is 5. The Morgan fingerprint density at radius 3 is 3.14 bits per heavy atom. The number of nitrogens with zero attached hydrogens (tertiary/aromatic N) is 1. The quantitative estimate of drug-likeness (QED) is 0.475. The number of fused-ring (bicyclic) bond motifs is 2. The molecule has 0 aromatic rings. The summed E-state index contributed by atoms with van der Waals surface area (Å²) in [5, 5.41) is 10.3. The van der Waals surface area contributed by atoms with Gasteiger partial charge in [-0.1, -0.05) is 0 Å². The highest BCUT2D eigenvalue weighted by Gasteiger charge is 2.42. The van der Waals surface area contributed by atoms with Gasteiger partial charge in [-0.15, -0.1) is 0 Å². The molecule has 0 N–H and O–H groups in total. The second-order valence-corrected chi connectivity index (χ2v) is 3.31. The molecule has 0 spiro atoms. The Labute approximate surface area is 80.6 Å². The molecule has 2 heterocycles. The summed E-state index contributed by atoms with van der Waals surface area (Å²) in [5.41, 5.74) is 0.538. The van der Waals surface area contributed by atoms with Crippen molar-refractivity contribution < 1.29 is 19.1 Å². The Morgan fingerprint density at radius 2 is 2.50 bits per heavy atom. The van der Waals surface area contributed by atoms with Gasteiger partial charge in [-0.3, -0.25) is 10.1 Å². The predicted octanol–water partition coefficient (Wildman–Crippen LogP) is 0.307. The topological polar surface area (TPSA) is 70.8 Å². The van der Waals surface area contributed by atoms with Crippen molar-refractivity contribution in [1.82, 2.24) is 0 Å². The van der Waals surface area contributed by atoms with Crippen LogP contribution in [0.25, 0.3) is 0 Å². The minimum absolute atomic E-state index is 0.0890. The average molecular weight is 201 g/mol. The monoisotopic (exact) mass is 201 g/mol. The maximum absolute atomic E-state index is 10.3. The maximum Gasteiger partial charge on any atom is 0.238 e. The summed E-state index contributed by atoms with van der Waals surface area (Å²) in [6.07, 6.45) is 0.677. The summed E-state index contributed by atoms with van der Waals surface area (Å²) in [4.78, 5) is 9.82. The molecule has 6 heteroatoms. The normalized spacial score (nSPS) is 38.9. The summed E-state index contributed by atoms with van der Waals surface area (Å²) >= 11 is 0. The van der Waals surface area contributed by atoms with Crippen LogP contribution >= 0.6 is 0 Å². The van der Waals surface area contributed by atoms with E-state index in [9.17, 15) is 10.1 Å². The first-order valence-electron chi connectivity index (χ1n) is 4.34. The SMILES string of the molecule is CO[C@H]1C/C(=C/[N+](=O)[O-])[C@@H]2OCC1O2. The van der Waals surface area contributed by atoms with Gasteiger partial charge in [0.05, 0.1) is 23.2 Å². The van der Waals surface area contributed by atoms with Crippen LogP contribution in [-0.4, -0.2) is 37.1 Å². The zero-order valence-electron chi connectivity index (χ0n) is 7.71.